The Bertz CT molecular complexity index is 4920. The van der Waals surface area contributed by atoms with Gasteiger partial charge in [-0.05, 0) is 113 Å². The third-order valence-corrected chi connectivity index (χ3v) is 15.2. The second-order valence-corrected chi connectivity index (χ2v) is 19.5. The summed E-state index contributed by atoms with van der Waals surface area (Å²) in [7, 11) is 0. The van der Waals surface area contributed by atoms with Crippen molar-refractivity contribution in [1.29, 1.82) is 0 Å². The van der Waals surface area contributed by atoms with E-state index in [0.29, 0.717) is 17.5 Å². The third kappa shape index (κ3) is 6.59. The first-order chi connectivity index (χ1) is 37.6. The molecule has 0 bridgehead atoms. The molecule has 76 heavy (non-hydrogen) atoms. The average Bonchev–Trinajstić information content (AvgIpc) is 4.34. The molecule has 0 atom stereocenters. The van der Waals surface area contributed by atoms with Crippen LogP contribution in [0, 0.1) is 0 Å². The zero-order valence-electron chi connectivity index (χ0n) is 40.7. The summed E-state index contributed by atoms with van der Waals surface area (Å²) in [4.78, 5) is 15.2. The molecule has 0 spiro atoms. The van der Waals surface area contributed by atoms with Crippen LogP contribution in [0.1, 0.15) is 0 Å². The molecule has 0 saturated carbocycles. The van der Waals surface area contributed by atoms with Crippen LogP contribution >= 0.6 is 0 Å². The van der Waals surface area contributed by atoms with Crippen LogP contribution in [-0.2, 0) is 0 Å². The molecule has 5 heterocycles. The lowest BCUT2D eigenvalue weighted by Crippen LogP contribution is -2.00. The second kappa shape index (κ2) is 16.6. The molecule has 0 fully saturated rings. The maximum Gasteiger partial charge on any atom is 0.164 e. The van der Waals surface area contributed by atoms with Crippen molar-refractivity contribution in [1.82, 2.24) is 24.1 Å². The molecular weight excluding hydrogens is 931 g/mol. The second-order valence-electron chi connectivity index (χ2n) is 19.5. The van der Waals surface area contributed by atoms with Gasteiger partial charge in [-0.3, -0.25) is 0 Å². The number of hydrogen-bond donors (Lipinski definition) is 0. The summed E-state index contributed by atoms with van der Waals surface area (Å²) >= 11 is 0. The van der Waals surface area contributed by atoms with Gasteiger partial charge in [0.15, 0.2) is 17.5 Å². The molecule has 16 aromatic rings. The number of hydrogen-bond acceptors (Lipinski definition) is 5. The highest BCUT2D eigenvalue weighted by Gasteiger charge is 2.22. The van der Waals surface area contributed by atoms with Crippen molar-refractivity contribution >= 4 is 87.5 Å². The highest BCUT2D eigenvalue weighted by Crippen LogP contribution is 2.43. The summed E-state index contributed by atoms with van der Waals surface area (Å²) < 4.78 is 17.8. The van der Waals surface area contributed by atoms with Crippen LogP contribution in [0.25, 0.3) is 155 Å². The summed E-state index contributed by atoms with van der Waals surface area (Å²) in [6.45, 7) is 0. The standard InChI is InChI=1S/C69H41N5O2/c1-5-16-42(17-6-1)67-70-68(43-18-7-2-8-19-43)72-69(71-67)51-25-15-27-64-66(51)57-39-47(31-35-63(57)75-64)46-29-33-59-53(37-46)52-36-44(28-32-58(52)73(59)48-20-9-3-10-21-48)45-30-34-60-54(38-45)55-40-56-50-24-13-14-26-62(50)76-65(56)41-61(55)74(60)49-22-11-4-12-23-49/h1-41H. The molecule has 0 N–H and O–H groups in total. The van der Waals surface area contributed by atoms with Gasteiger partial charge in [-0.15, -0.1) is 0 Å². The van der Waals surface area contributed by atoms with Crippen LogP contribution in [0.5, 0.6) is 0 Å². The quantitative estimate of drug-likeness (QED) is 0.159. The molecule has 0 aliphatic heterocycles. The first kappa shape index (κ1) is 42.2. The maximum atomic E-state index is 6.60. The van der Waals surface area contributed by atoms with E-state index in [1.165, 1.54) is 21.5 Å². The fourth-order valence-corrected chi connectivity index (χ4v) is 11.6. The highest BCUT2D eigenvalue weighted by molar-refractivity contribution is 6.19. The smallest absolute Gasteiger partial charge is 0.164 e. The number of rotatable bonds is 7. The highest BCUT2D eigenvalue weighted by atomic mass is 16.3. The van der Waals surface area contributed by atoms with Crippen molar-refractivity contribution < 1.29 is 8.83 Å². The third-order valence-electron chi connectivity index (χ3n) is 15.2. The number of fused-ring (bicyclic) bond motifs is 12. The predicted octanol–water partition coefficient (Wildman–Crippen LogP) is 18.2. The molecule has 354 valence electrons. The molecular formula is C69H41N5O2. The Hall–Kier alpha value is -10.4. The normalized spacial score (nSPS) is 11.9. The molecule has 7 heteroatoms. The Balaban J connectivity index is 0.866. The van der Waals surface area contributed by atoms with Crippen LogP contribution in [0.15, 0.2) is 258 Å². The lowest BCUT2D eigenvalue weighted by molar-refractivity contribution is 0.668. The lowest BCUT2D eigenvalue weighted by atomic mass is 9.98. The van der Waals surface area contributed by atoms with Crippen LogP contribution in [0.4, 0.5) is 0 Å². The Kier molecular flexibility index (Phi) is 9.20. The first-order valence-corrected chi connectivity index (χ1v) is 25.6. The van der Waals surface area contributed by atoms with Gasteiger partial charge in [-0.1, -0.05) is 152 Å². The topological polar surface area (TPSA) is 74.8 Å². The summed E-state index contributed by atoms with van der Waals surface area (Å²) in [6, 6.07) is 87.7. The molecule has 16 rings (SSSR count). The predicted molar refractivity (Wildman–Crippen MR) is 310 cm³/mol. The number of para-hydroxylation sites is 3. The Labute approximate surface area is 434 Å². The zero-order valence-corrected chi connectivity index (χ0v) is 40.7. The van der Waals surface area contributed by atoms with Gasteiger partial charge in [0.25, 0.3) is 0 Å². The number of furan rings is 2. The van der Waals surface area contributed by atoms with E-state index in [9.17, 15) is 0 Å². The summed E-state index contributed by atoms with van der Waals surface area (Å²) in [5.74, 6) is 1.81. The van der Waals surface area contributed by atoms with E-state index in [2.05, 4.69) is 173 Å². The van der Waals surface area contributed by atoms with Gasteiger partial charge in [0.1, 0.15) is 22.3 Å². The number of aromatic nitrogens is 5. The Morgan fingerprint density at radius 3 is 1.26 bits per heavy atom. The molecule has 0 amide bonds. The molecule has 0 radical (unpaired) electrons. The van der Waals surface area contributed by atoms with E-state index in [1.807, 2.05) is 84.9 Å². The number of benzene rings is 11. The van der Waals surface area contributed by atoms with Crippen LogP contribution < -0.4 is 0 Å². The van der Waals surface area contributed by atoms with Gasteiger partial charge < -0.3 is 18.0 Å². The first-order valence-electron chi connectivity index (χ1n) is 25.6. The van der Waals surface area contributed by atoms with Gasteiger partial charge in [-0.2, -0.15) is 0 Å². The van der Waals surface area contributed by atoms with Gasteiger partial charge in [0.2, 0.25) is 0 Å². The zero-order chi connectivity index (χ0) is 49.8. The van der Waals surface area contributed by atoms with Crippen molar-refractivity contribution in [3.05, 3.63) is 249 Å². The van der Waals surface area contributed by atoms with E-state index >= 15 is 0 Å². The molecule has 11 aromatic carbocycles. The largest absolute Gasteiger partial charge is 0.456 e. The molecule has 5 aromatic heterocycles. The van der Waals surface area contributed by atoms with Crippen molar-refractivity contribution in [2.24, 2.45) is 0 Å². The average molecular weight is 972 g/mol. The van der Waals surface area contributed by atoms with Gasteiger partial charge in [0.05, 0.1) is 22.1 Å². The lowest BCUT2D eigenvalue weighted by Gasteiger charge is -2.09. The summed E-state index contributed by atoms with van der Waals surface area (Å²) in [6.07, 6.45) is 0. The van der Waals surface area contributed by atoms with Crippen molar-refractivity contribution in [3.63, 3.8) is 0 Å². The maximum absolute atomic E-state index is 6.60. The summed E-state index contributed by atoms with van der Waals surface area (Å²) in [5, 5.41) is 8.89. The fourth-order valence-electron chi connectivity index (χ4n) is 11.6. The van der Waals surface area contributed by atoms with Crippen molar-refractivity contribution in [2.75, 3.05) is 0 Å². The van der Waals surface area contributed by atoms with E-state index in [1.54, 1.807) is 0 Å². The molecule has 0 saturated heterocycles. The van der Waals surface area contributed by atoms with Crippen LogP contribution in [0.2, 0.25) is 0 Å². The van der Waals surface area contributed by atoms with Crippen molar-refractivity contribution in [2.45, 2.75) is 0 Å². The molecule has 0 unspecified atom stereocenters. The minimum absolute atomic E-state index is 0.585. The number of nitrogens with zero attached hydrogens (tertiary/aromatic N) is 5. The van der Waals surface area contributed by atoms with E-state index < -0.39 is 0 Å². The Morgan fingerprint density at radius 1 is 0.250 bits per heavy atom. The summed E-state index contributed by atoms with van der Waals surface area (Å²) in [5.41, 5.74) is 17.3. The molecule has 0 aliphatic carbocycles. The fraction of sp³-hybridized carbons (Fsp3) is 0. The van der Waals surface area contributed by atoms with Crippen LogP contribution in [-0.4, -0.2) is 24.1 Å². The Morgan fingerprint density at radius 2 is 0.684 bits per heavy atom. The van der Waals surface area contributed by atoms with E-state index in [4.69, 9.17) is 23.8 Å². The van der Waals surface area contributed by atoms with Crippen molar-refractivity contribution in [3.8, 4) is 67.8 Å². The van der Waals surface area contributed by atoms with Crippen LogP contribution in [0.3, 0.4) is 0 Å². The minimum Gasteiger partial charge on any atom is -0.456 e. The monoisotopic (exact) mass is 971 g/mol. The van der Waals surface area contributed by atoms with Gasteiger partial charge in [-0.25, -0.2) is 15.0 Å². The minimum atomic E-state index is 0.585. The van der Waals surface area contributed by atoms with Gasteiger partial charge in [0, 0.05) is 77.2 Å². The molecule has 0 aliphatic rings. The SMILES string of the molecule is c1ccc(-c2nc(-c3ccccc3)nc(-c3cccc4oc5ccc(-c6ccc7c(c6)c6cc(-c8ccc9c(c8)c8cc%10c(cc8n9-c8ccccc8)oc8ccccc8%10)ccc6n7-c6ccccc6)cc5c34)n2)cc1. The van der Waals surface area contributed by atoms with E-state index in [0.717, 1.165) is 116 Å². The van der Waals surface area contributed by atoms with Gasteiger partial charge >= 0.3 is 0 Å². The molecule has 7 nitrogen and oxygen atoms in total. The van der Waals surface area contributed by atoms with E-state index in [-0.39, 0.29) is 0 Å².